The summed E-state index contributed by atoms with van der Waals surface area (Å²) in [6.45, 7) is 0. The summed E-state index contributed by atoms with van der Waals surface area (Å²) in [5.41, 5.74) is 0. The zero-order valence-corrected chi connectivity index (χ0v) is 9.14. The molecule has 0 bridgehead atoms. The molecule has 0 radical (unpaired) electrons. The molecular weight excluding hydrogens is 142 g/mol. The molecule has 0 saturated carbocycles. The summed E-state index contributed by atoms with van der Waals surface area (Å²) in [6, 6.07) is 0. The van der Waals surface area contributed by atoms with Gasteiger partial charge in [0.05, 0.1) is 0 Å². The maximum atomic E-state index is 4.08. The second-order valence-corrected chi connectivity index (χ2v) is 0. The van der Waals surface area contributed by atoms with Crippen LogP contribution in [-0.2, 0) is 12.6 Å². The van der Waals surface area contributed by atoms with E-state index in [1.54, 1.807) is 6.26 Å². The Balaban J connectivity index is -0.00000000500. The van der Waals surface area contributed by atoms with Crippen LogP contribution < -0.4 is 58.2 Å². The molecule has 0 amide bonds. The SMILES string of the molecule is C[S-].[CH3-].[Rb+]. The van der Waals surface area contributed by atoms with Crippen molar-refractivity contribution >= 4 is 12.6 Å². The molecule has 4 heavy (non-hydrogen) atoms. The molecule has 0 aromatic rings. The fraction of sp³-hybridized carbons (Fsp3) is 0.500. The van der Waals surface area contributed by atoms with Crippen LogP contribution in [0.3, 0.4) is 0 Å². The van der Waals surface area contributed by atoms with E-state index in [9.17, 15) is 0 Å². The molecular formula is C2H6RbS-. The van der Waals surface area contributed by atoms with Crippen LogP contribution in [0.5, 0.6) is 0 Å². The van der Waals surface area contributed by atoms with Crippen LogP contribution in [0.2, 0.25) is 0 Å². The minimum atomic E-state index is 0. The molecule has 0 fully saturated rings. The second kappa shape index (κ2) is 19.2. The van der Waals surface area contributed by atoms with E-state index in [1.807, 2.05) is 0 Å². The van der Waals surface area contributed by atoms with Crippen LogP contribution in [0.1, 0.15) is 0 Å². The van der Waals surface area contributed by atoms with Crippen molar-refractivity contribution in [1.82, 2.24) is 0 Å². The van der Waals surface area contributed by atoms with E-state index in [4.69, 9.17) is 0 Å². The molecule has 0 aromatic carbocycles. The van der Waals surface area contributed by atoms with Crippen molar-refractivity contribution in [2.24, 2.45) is 0 Å². The van der Waals surface area contributed by atoms with Crippen molar-refractivity contribution in [3.8, 4) is 0 Å². The van der Waals surface area contributed by atoms with Gasteiger partial charge in [-0.05, 0) is 0 Å². The van der Waals surface area contributed by atoms with Crippen LogP contribution in [0.15, 0.2) is 0 Å². The van der Waals surface area contributed by atoms with Crippen LogP contribution >= 0.6 is 0 Å². The molecule has 2 heteroatoms. The van der Waals surface area contributed by atoms with Crippen LogP contribution in [0.25, 0.3) is 0 Å². The van der Waals surface area contributed by atoms with Crippen molar-refractivity contribution in [2.45, 2.75) is 0 Å². The summed E-state index contributed by atoms with van der Waals surface area (Å²) in [5.74, 6) is 0. The Labute approximate surface area is 82.6 Å². The molecule has 0 N–H and O–H groups in total. The Morgan fingerprint density at radius 2 is 1.25 bits per heavy atom. The summed E-state index contributed by atoms with van der Waals surface area (Å²) in [4.78, 5) is 0. The van der Waals surface area contributed by atoms with E-state index in [0.717, 1.165) is 0 Å². The Morgan fingerprint density at radius 3 is 1.25 bits per heavy atom. The summed E-state index contributed by atoms with van der Waals surface area (Å²) in [5, 5.41) is 0. The van der Waals surface area contributed by atoms with Gasteiger partial charge in [0.15, 0.2) is 0 Å². The van der Waals surface area contributed by atoms with E-state index < -0.39 is 0 Å². The minimum Gasteiger partial charge on any atom is -0.796 e. The van der Waals surface area contributed by atoms with E-state index in [2.05, 4.69) is 12.6 Å². The minimum absolute atomic E-state index is 0. The van der Waals surface area contributed by atoms with Gasteiger partial charge in [0.25, 0.3) is 0 Å². The molecule has 22 valence electrons. The largest absolute Gasteiger partial charge is 1.00 e. The molecule has 0 nitrogen and oxygen atoms in total. The Morgan fingerprint density at radius 1 is 1.25 bits per heavy atom. The quantitative estimate of drug-likeness (QED) is 0.273. The van der Waals surface area contributed by atoms with E-state index in [0.29, 0.717) is 0 Å². The third kappa shape index (κ3) is 8.91. The Bertz CT molecular complexity index is 6.00. The predicted molar refractivity (Wildman–Crippen MR) is 19.7 cm³/mol. The van der Waals surface area contributed by atoms with Gasteiger partial charge in [0.1, 0.15) is 0 Å². The van der Waals surface area contributed by atoms with E-state index >= 15 is 0 Å². The van der Waals surface area contributed by atoms with Crippen molar-refractivity contribution in [3.63, 3.8) is 0 Å². The summed E-state index contributed by atoms with van der Waals surface area (Å²) in [6.07, 6.45) is 1.58. The molecule has 0 atom stereocenters. The first-order valence-corrected chi connectivity index (χ1v) is 1.22. The van der Waals surface area contributed by atoms with Gasteiger partial charge in [-0.15, -0.1) is 0 Å². The predicted octanol–water partition coefficient (Wildman–Crippen LogP) is -2.38. The molecule has 0 aliphatic heterocycles. The van der Waals surface area contributed by atoms with Crippen molar-refractivity contribution in [1.29, 1.82) is 0 Å². The van der Waals surface area contributed by atoms with Crippen molar-refractivity contribution in [3.05, 3.63) is 7.43 Å². The van der Waals surface area contributed by atoms with Gasteiger partial charge < -0.3 is 20.1 Å². The van der Waals surface area contributed by atoms with Crippen LogP contribution in [0.4, 0.5) is 0 Å². The van der Waals surface area contributed by atoms with E-state index in [1.165, 1.54) is 0 Å². The summed E-state index contributed by atoms with van der Waals surface area (Å²) >= 11 is 4.08. The third-order valence-electron chi connectivity index (χ3n) is 0. The molecule has 0 heterocycles. The first-order chi connectivity index (χ1) is 1.00. The number of hydrogen-bond donors (Lipinski definition) is 0. The van der Waals surface area contributed by atoms with Gasteiger partial charge in [-0.3, -0.25) is 0 Å². The summed E-state index contributed by atoms with van der Waals surface area (Å²) < 4.78 is 0. The number of hydrogen-bond acceptors (Lipinski definition) is 1. The van der Waals surface area contributed by atoms with Gasteiger partial charge in [0, 0.05) is 0 Å². The van der Waals surface area contributed by atoms with Crippen molar-refractivity contribution in [2.75, 3.05) is 6.26 Å². The topological polar surface area (TPSA) is 0 Å². The van der Waals surface area contributed by atoms with E-state index in [-0.39, 0.29) is 65.6 Å². The smallest absolute Gasteiger partial charge is 0.796 e. The zero-order valence-electron chi connectivity index (χ0n) is 3.41. The molecule has 0 rings (SSSR count). The molecule has 0 saturated heterocycles. The Kier molecular flexibility index (Phi) is 78.7. The van der Waals surface area contributed by atoms with Crippen LogP contribution in [0, 0.1) is 7.43 Å². The maximum Gasteiger partial charge on any atom is 1.00 e. The molecule has 0 unspecified atom stereocenters. The van der Waals surface area contributed by atoms with Gasteiger partial charge in [-0.1, -0.05) is 0 Å². The maximum absolute atomic E-state index is 4.08. The zero-order chi connectivity index (χ0) is 2.00. The average Bonchev–Trinajstić information content (AvgIpc) is 1.00. The molecule has 0 aliphatic carbocycles. The van der Waals surface area contributed by atoms with Gasteiger partial charge in [-0.25, -0.2) is 0 Å². The fourth-order valence-electron chi connectivity index (χ4n) is 0. The van der Waals surface area contributed by atoms with Crippen molar-refractivity contribution < 1.29 is 58.2 Å². The average molecular weight is 148 g/mol. The fourth-order valence-corrected chi connectivity index (χ4v) is 0. The monoisotopic (exact) mass is 147 g/mol. The van der Waals surface area contributed by atoms with Gasteiger partial charge in [-0.2, -0.15) is 6.26 Å². The van der Waals surface area contributed by atoms with Gasteiger partial charge >= 0.3 is 58.2 Å². The van der Waals surface area contributed by atoms with Crippen LogP contribution in [-0.4, -0.2) is 6.26 Å². The normalized spacial score (nSPS) is 1.50. The molecule has 0 aliphatic rings. The first kappa shape index (κ1) is 16.4. The molecule has 0 aromatic heterocycles. The molecule has 0 spiro atoms. The van der Waals surface area contributed by atoms with Gasteiger partial charge in [0.2, 0.25) is 0 Å². The number of rotatable bonds is 0. The Hall–Kier alpha value is 2.16. The standard InChI is InChI=1S/CH4S.CH3.Rb/c1-2;;/h2H,1H3;1H3;/q;-1;+1/p-1. The third-order valence-corrected chi connectivity index (χ3v) is 0. The summed E-state index contributed by atoms with van der Waals surface area (Å²) in [7, 11) is 0. The first-order valence-electron chi connectivity index (χ1n) is 0.408. The second-order valence-electron chi connectivity index (χ2n) is 0.